The van der Waals surface area contributed by atoms with Crippen LogP contribution in [0, 0.1) is 0 Å². The van der Waals surface area contributed by atoms with Crippen LogP contribution in [0.25, 0.3) is 0 Å². The number of hydrogen-bond donors (Lipinski definition) is 2. The van der Waals surface area contributed by atoms with Crippen molar-refractivity contribution in [1.82, 2.24) is 0 Å². The number of rotatable bonds is 2. The van der Waals surface area contributed by atoms with E-state index in [2.05, 4.69) is 12.6 Å². The maximum atomic E-state index is 10.5. The first-order chi connectivity index (χ1) is 5.66. The second-order valence-electron chi connectivity index (χ2n) is 2.71. The first-order valence-corrected chi connectivity index (χ1v) is 4.14. The van der Waals surface area contributed by atoms with Crippen LogP contribution in [-0.2, 0) is 4.79 Å². The quantitative estimate of drug-likeness (QED) is 0.415. The third kappa shape index (κ3) is 1.61. The van der Waals surface area contributed by atoms with Gasteiger partial charge in [0.05, 0.1) is 0 Å². The van der Waals surface area contributed by atoms with E-state index in [-0.39, 0.29) is 5.92 Å². The molecule has 1 atom stereocenters. The number of thiol groups is 1. The zero-order valence-corrected chi connectivity index (χ0v) is 7.71. The van der Waals surface area contributed by atoms with Crippen molar-refractivity contribution in [3.8, 4) is 0 Å². The molecule has 0 spiro atoms. The third-order valence-electron chi connectivity index (χ3n) is 1.79. The van der Waals surface area contributed by atoms with Gasteiger partial charge in [0, 0.05) is 16.5 Å². The van der Waals surface area contributed by atoms with Crippen molar-refractivity contribution in [1.29, 1.82) is 0 Å². The number of carbonyl (C=O) groups is 1. The Labute approximate surface area is 77.2 Å². The summed E-state index contributed by atoms with van der Waals surface area (Å²) in [6, 6.07) is 5.45. The van der Waals surface area contributed by atoms with Gasteiger partial charge in [-0.15, -0.1) is 12.6 Å². The lowest BCUT2D eigenvalue weighted by molar-refractivity contribution is -0.108. The first kappa shape index (κ1) is 9.13. The molecule has 1 rings (SSSR count). The predicted octanol–water partition coefficient (Wildman–Crippen LogP) is 1.86. The van der Waals surface area contributed by atoms with E-state index in [1.54, 1.807) is 6.07 Å². The second-order valence-corrected chi connectivity index (χ2v) is 3.16. The average molecular weight is 181 g/mol. The molecule has 0 aromatic heterocycles. The van der Waals surface area contributed by atoms with Gasteiger partial charge in [-0.1, -0.05) is 19.1 Å². The van der Waals surface area contributed by atoms with E-state index in [4.69, 9.17) is 5.73 Å². The highest BCUT2D eigenvalue weighted by atomic mass is 32.1. The van der Waals surface area contributed by atoms with Crippen LogP contribution in [0.15, 0.2) is 23.1 Å². The summed E-state index contributed by atoms with van der Waals surface area (Å²) in [6.07, 6.45) is 0.883. The molecule has 0 heterocycles. The zero-order valence-electron chi connectivity index (χ0n) is 6.82. The average Bonchev–Trinajstić information content (AvgIpc) is 2.08. The molecule has 0 amide bonds. The summed E-state index contributed by atoms with van der Waals surface area (Å²) in [4.78, 5) is 11.2. The van der Waals surface area contributed by atoms with Gasteiger partial charge in [-0.3, -0.25) is 0 Å². The maximum absolute atomic E-state index is 10.5. The molecule has 0 aliphatic carbocycles. The van der Waals surface area contributed by atoms with Crippen LogP contribution in [0.1, 0.15) is 18.4 Å². The van der Waals surface area contributed by atoms with Crippen LogP contribution < -0.4 is 5.73 Å². The minimum Gasteiger partial charge on any atom is -0.398 e. The molecule has 2 N–H and O–H groups in total. The zero-order chi connectivity index (χ0) is 9.14. The fraction of sp³-hybridized carbons (Fsp3) is 0.222. The van der Waals surface area contributed by atoms with Crippen LogP contribution in [0.4, 0.5) is 5.69 Å². The summed E-state index contributed by atoms with van der Waals surface area (Å²) in [5.74, 6) is -0.138. The minimum atomic E-state index is -0.138. The highest BCUT2D eigenvalue weighted by Gasteiger charge is 2.08. The number of nitrogens with two attached hydrogens (primary N) is 1. The Morgan fingerprint density at radius 1 is 1.58 bits per heavy atom. The summed E-state index contributed by atoms with van der Waals surface area (Å²) in [7, 11) is 0. The molecule has 0 saturated heterocycles. The Hall–Kier alpha value is -0.960. The molecule has 0 saturated carbocycles. The fourth-order valence-corrected chi connectivity index (χ4v) is 1.37. The Morgan fingerprint density at radius 3 is 2.83 bits per heavy atom. The van der Waals surface area contributed by atoms with E-state index < -0.39 is 0 Å². The number of benzene rings is 1. The van der Waals surface area contributed by atoms with Gasteiger partial charge in [-0.25, -0.2) is 0 Å². The largest absolute Gasteiger partial charge is 0.398 e. The van der Waals surface area contributed by atoms with E-state index in [9.17, 15) is 4.79 Å². The van der Waals surface area contributed by atoms with E-state index in [1.165, 1.54) is 0 Å². The molecule has 2 nitrogen and oxygen atoms in total. The third-order valence-corrected chi connectivity index (χ3v) is 2.31. The minimum absolute atomic E-state index is 0.138. The van der Waals surface area contributed by atoms with Crippen LogP contribution in [0.5, 0.6) is 0 Å². The second kappa shape index (κ2) is 3.63. The number of carbonyl (C=O) groups excluding carboxylic acids is 1. The summed E-state index contributed by atoms with van der Waals surface area (Å²) < 4.78 is 0. The maximum Gasteiger partial charge on any atom is 0.127 e. The van der Waals surface area contributed by atoms with Gasteiger partial charge < -0.3 is 10.5 Å². The topological polar surface area (TPSA) is 43.1 Å². The summed E-state index contributed by atoms with van der Waals surface area (Å²) in [5.41, 5.74) is 7.12. The van der Waals surface area contributed by atoms with Crippen LogP contribution in [-0.4, -0.2) is 6.29 Å². The van der Waals surface area contributed by atoms with Crippen molar-refractivity contribution in [2.45, 2.75) is 17.7 Å². The Morgan fingerprint density at radius 2 is 2.25 bits per heavy atom. The Kier molecular flexibility index (Phi) is 2.76. The van der Waals surface area contributed by atoms with Gasteiger partial charge in [0.2, 0.25) is 0 Å². The molecule has 64 valence electrons. The number of aldehydes is 1. The van der Waals surface area contributed by atoms with E-state index in [0.717, 1.165) is 11.8 Å². The van der Waals surface area contributed by atoms with E-state index in [0.29, 0.717) is 10.6 Å². The van der Waals surface area contributed by atoms with Crippen LogP contribution >= 0.6 is 12.6 Å². The molecule has 1 unspecified atom stereocenters. The lowest BCUT2D eigenvalue weighted by Gasteiger charge is -2.08. The van der Waals surface area contributed by atoms with Gasteiger partial charge in [0.1, 0.15) is 6.29 Å². The Bertz CT molecular complexity index is 299. The van der Waals surface area contributed by atoms with Crippen molar-refractivity contribution in [2.75, 3.05) is 5.73 Å². The van der Waals surface area contributed by atoms with Crippen molar-refractivity contribution in [3.05, 3.63) is 23.8 Å². The predicted molar refractivity (Wildman–Crippen MR) is 52.6 cm³/mol. The van der Waals surface area contributed by atoms with Crippen molar-refractivity contribution in [2.24, 2.45) is 0 Å². The SMILES string of the molecule is CC(C=O)c1cccc(N)c1S. The molecule has 0 bridgehead atoms. The summed E-state index contributed by atoms with van der Waals surface area (Å²) in [6.45, 7) is 1.82. The lowest BCUT2D eigenvalue weighted by atomic mass is 10.0. The summed E-state index contributed by atoms with van der Waals surface area (Å²) >= 11 is 4.22. The van der Waals surface area contributed by atoms with Gasteiger partial charge in [-0.2, -0.15) is 0 Å². The van der Waals surface area contributed by atoms with Gasteiger partial charge in [-0.05, 0) is 11.6 Å². The monoisotopic (exact) mass is 181 g/mol. The van der Waals surface area contributed by atoms with E-state index >= 15 is 0 Å². The standard InChI is InChI=1S/C9H11NOS/c1-6(5-11)7-3-2-4-8(10)9(7)12/h2-6,12H,10H2,1H3. The van der Waals surface area contributed by atoms with Gasteiger partial charge >= 0.3 is 0 Å². The van der Waals surface area contributed by atoms with Crippen LogP contribution in [0.2, 0.25) is 0 Å². The van der Waals surface area contributed by atoms with Gasteiger partial charge in [0.15, 0.2) is 0 Å². The highest BCUT2D eigenvalue weighted by Crippen LogP contribution is 2.26. The number of nitrogen functional groups attached to an aromatic ring is 1. The molecule has 0 radical (unpaired) electrons. The molecule has 1 aromatic rings. The normalized spacial score (nSPS) is 12.5. The molecule has 0 fully saturated rings. The fourth-order valence-electron chi connectivity index (χ4n) is 1.02. The van der Waals surface area contributed by atoms with Crippen molar-refractivity contribution in [3.63, 3.8) is 0 Å². The van der Waals surface area contributed by atoms with Crippen molar-refractivity contribution < 1.29 is 4.79 Å². The van der Waals surface area contributed by atoms with E-state index in [1.807, 2.05) is 19.1 Å². The number of hydrogen-bond acceptors (Lipinski definition) is 3. The highest BCUT2D eigenvalue weighted by molar-refractivity contribution is 7.80. The molecular weight excluding hydrogens is 170 g/mol. The van der Waals surface area contributed by atoms with Crippen LogP contribution in [0.3, 0.4) is 0 Å². The smallest absolute Gasteiger partial charge is 0.127 e. The van der Waals surface area contributed by atoms with Crippen molar-refractivity contribution >= 4 is 24.6 Å². The molecule has 0 aliphatic rings. The molecule has 0 aliphatic heterocycles. The molecule has 1 aromatic carbocycles. The lowest BCUT2D eigenvalue weighted by Crippen LogP contribution is -1.98. The Balaban J connectivity index is 3.15. The molecule has 3 heteroatoms. The molecular formula is C9H11NOS. The molecule has 12 heavy (non-hydrogen) atoms. The van der Waals surface area contributed by atoms with Gasteiger partial charge in [0.25, 0.3) is 0 Å². The first-order valence-electron chi connectivity index (χ1n) is 3.69. The number of anilines is 1. The summed E-state index contributed by atoms with van der Waals surface area (Å²) in [5, 5.41) is 0.